The van der Waals surface area contributed by atoms with E-state index in [-0.39, 0.29) is 1740 Å². The minimum Gasteiger partial charge on any atom is 0 e. The first-order valence-electron chi connectivity index (χ1n) is 0. The number of rotatable bonds is 0. The van der Waals surface area contributed by atoms with Gasteiger partial charge in [0.1, 0.15) is 0 Å². The van der Waals surface area contributed by atoms with Gasteiger partial charge in [0, 0.05) is 1740 Å². The van der Waals surface area contributed by atoms with Crippen molar-refractivity contribution in [3.05, 3.63) is 0 Å². The van der Waals surface area contributed by atoms with Gasteiger partial charge >= 0.3 is 0 Å². The van der Waals surface area contributed by atoms with Crippen LogP contribution in [0.15, 0.2) is 0 Å². The maximum Gasteiger partial charge on any atom is 0 e. The average Bonchev–Trinajstić information content (AvgIpc) is 0. The van der Waals surface area contributed by atoms with E-state index in [1.807, 2.05) is 0 Å². The van der Waals surface area contributed by atoms with E-state index < -0.39 is 0 Å². The van der Waals surface area contributed by atoms with Crippen molar-refractivity contribution >= 4 is 0 Å². The van der Waals surface area contributed by atoms with Gasteiger partial charge in [-0.25, -0.2) is 0 Å². The Morgan fingerprint density at radius 2 is 0.0200 bits per heavy atom. The maximum atomic E-state index is 0. The molecule has 0 amide bonds. The van der Waals surface area contributed by atoms with Crippen molar-refractivity contribution < 1.29 is 1740 Å². The first kappa shape index (κ1) is 1250. The molecule has 0 N–H and O–H groups in total. The van der Waals surface area contributed by atoms with Gasteiger partial charge in [0.05, 0.1) is 0 Å². The summed E-state index contributed by atoms with van der Waals surface area (Å²) in [5, 5.41) is 0. The van der Waals surface area contributed by atoms with Gasteiger partial charge in [0.15, 0.2) is 0 Å². The third-order valence-corrected chi connectivity index (χ3v) is 0. The number of hydrogen-bond donors (Lipinski definition) is 0. The molecule has 0 unspecified atom stereocenters. The summed E-state index contributed by atoms with van der Waals surface area (Å²) in [7, 11) is 0. The molecule has 0 atom stereocenters. The van der Waals surface area contributed by atoms with Gasteiger partial charge in [-0.3, -0.25) is 0 Å². The smallest absolute Gasteiger partial charge is 0 e. The Balaban J connectivity index is 0. The van der Waals surface area contributed by atoms with E-state index in [1.165, 1.54) is 0 Å². The Kier molecular flexibility index (Phi) is 15400. The predicted octanol–water partition coefficient (Wildman–Crippen LogP) is -0.250. The van der Waals surface area contributed by atoms with E-state index in [1.54, 1.807) is 0 Å². The summed E-state index contributed by atoms with van der Waals surface area (Å²) in [5.41, 5.74) is 0. The van der Waals surface area contributed by atoms with Crippen molar-refractivity contribution in [1.29, 1.82) is 0 Å². The second-order valence-electron chi connectivity index (χ2n) is 0. The summed E-state index contributed by atoms with van der Waals surface area (Å²) in [4.78, 5) is 0. The zero-order valence-corrected chi connectivity index (χ0v) is 171. The second-order valence-corrected chi connectivity index (χ2v) is 0. The fourth-order valence-corrected chi connectivity index (χ4v) is 0. The molecule has 0 nitrogen and oxygen atoms in total. The molecule has 0 aromatic heterocycles. The molecule has 100 heteroatoms. The minimum absolute atomic E-state index is 0. The summed E-state index contributed by atoms with van der Waals surface area (Å²) in [6, 6.07) is 0. The molecule has 920 valence electrons. The van der Waals surface area contributed by atoms with E-state index in [0.717, 1.165) is 0 Å². The molecule has 0 aliphatic heterocycles. The van der Waals surface area contributed by atoms with E-state index >= 15 is 0 Å². The Bertz CT molecular complexity index is 72.2. The second kappa shape index (κ2) is 1230. The fraction of sp³-hybridized carbons (Fsp3) is 0. The monoisotopic (exact) mass is 8310 g/mol. The van der Waals surface area contributed by atoms with Gasteiger partial charge < -0.3 is 0 Å². The first-order chi connectivity index (χ1) is 0. The van der Waals surface area contributed by atoms with Crippen molar-refractivity contribution in [3.63, 3.8) is 0 Å². The van der Waals surface area contributed by atoms with E-state index in [2.05, 4.69) is 0 Å². The zero-order valence-electron chi connectivity index (χ0n) is 33.5. The van der Waals surface area contributed by atoms with Gasteiger partial charge in [0.2, 0.25) is 0 Å². The van der Waals surface area contributed by atoms with Crippen LogP contribution >= 0.6 is 0 Å². The molecule has 0 heterocycles. The van der Waals surface area contributed by atoms with Crippen molar-refractivity contribution in [3.8, 4) is 0 Å². The van der Waals surface area contributed by atoms with Gasteiger partial charge in [-0.1, -0.05) is 0 Å². The van der Waals surface area contributed by atoms with Crippen LogP contribution in [0.5, 0.6) is 0 Å². The standard InChI is InChI=1S/80Ni.20W. The molecule has 0 aromatic carbocycles. The molecule has 0 rings (SSSR count). The molecule has 100 heavy (non-hydrogen) atoms. The molecule has 0 aromatic rings. The van der Waals surface area contributed by atoms with Crippen molar-refractivity contribution in [2.45, 2.75) is 0 Å². The Morgan fingerprint density at radius 1 is 0.0200 bits per heavy atom. The summed E-state index contributed by atoms with van der Waals surface area (Å²) < 4.78 is 0. The van der Waals surface area contributed by atoms with Crippen molar-refractivity contribution in [2.24, 2.45) is 0 Å². The fourth-order valence-electron chi connectivity index (χ4n) is 0. The Labute approximate surface area is 1690 Å². The molecule has 0 spiro atoms. The van der Waals surface area contributed by atoms with Crippen LogP contribution in [0.4, 0.5) is 0 Å². The third-order valence-electron chi connectivity index (χ3n) is 0. The van der Waals surface area contributed by atoms with Gasteiger partial charge in [0.25, 0.3) is 0 Å². The molecular formula is Ni80W20. The molecule has 0 fully saturated rings. The average molecular weight is 8370 g/mol. The molecule has 0 radical (unpaired) electrons. The van der Waals surface area contributed by atoms with Gasteiger partial charge in [-0.15, -0.1) is 0 Å². The molecule has 0 aliphatic carbocycles. The summed E-state index contributed by atoms with van der Waals surface area (Å²) in [6.45, 7) is 0. The van der Waals surface area contributed by atoms with Crippen LogP contribution in [0.25, 0.3) is 0 Å². The number of hydrogen-bond acceptors (Lipinski definition) is 0. The minimum atomic E-state index is 0. The van der Waals surface area contributed by atoms with E-state index in [4.69, 9.17) is 0 Å². The van der Waals surface area contributed by atoms with Crippen molar-refractivity contribution in [1.82, 2.24) is 0 Å². The van der Waals surface area contributed by atoms with Gasteiger partial charge in [-0.2, -0.15) is 0 Å². The van der Waals surface area contributed by atoms with Crippen LogP contribution in [0, 0.1) is 0 Å². The molecular weight excluding hydrogens is 8370 g/mol. The normalized spacial score (nSPS) is 0. The van der Waals surface area contributed by atoms with E-state index in [9.17, 15) is 0 Å². The van der Waals surface area contributed by atoms with Gasteiger partial charge in [-0.05, 0) is 0 Å². The third kappa shape index (κ3) is 1200. The molecule has 0 saturated carbocycles. The van der Waals surface area contributed by atoms with Crippen LogP contribution in [-0.4, -0.2) is 0 Å². The van der Waals surface area contributed by atoms with E-state index in [0.29, 0.717) is 0 Å². The first-order valence-corrected chi connectivity index (χ1v) is 0. The SMILES string of the molecule is [Ni].[Ni].[Ni].[Ni].[Ni].[Ni].[Ni].[Ni].[Ni].[Ni].[Ni].[Ni].[Ni].[Ni].[Ni].[Ni].[Ni].[Ni].[Ni].[Ni].[Ni].[Ni].[Ni].[Ni].[Ni].[Ni].[Ni].[Ni].[Ni].[Ni].[Ni].[Ni].[Ni].[Ni].[Ni].[Ni].[Ni].[Ni].[Ni].[Ni].[Ni].[Ni].[Ni].[Ni].[Ni].[Ni].[Ni].[Ni].[Ni].[Ni].[Ni].[Ni].[Ni].[Ni].[Ni].[Ni].[Ni].[Ni].[Ni].[Ni].[Ni].[Ni].[Ni].[Ni].[Ni].[Ni].[Ni].[Ni].[Ni].[Ni].[Ni].[Ni].[Ni].[Ni].[Ni].[Ni].[Ni].[Ni].[Ni].[Ni].[W].[W].[W].[W].[W].[W].[W].[W].[W].[W].[W].[W].[W].[W].[W].[W].[W].[W].[W].[W]. The summed E-state index contributed by atoms with van der Waals surface area (Å²) in [6.07, 6.45) is 0. The maximum absolute atomic E-state index is 0. The topological polar surface area (TPSA) is 0 Å². The Morgan fingerprint density at radius 3 is 0.0200 bits per heavy atom. The predicted molar refractivity (Wildman–Crippen MR) is 0 cm³/mol. The van der Waals surface area contributed by atoms with Crippen molar-refractivity contribution in [2.75, 3.05) is 0 Å². The largest absolute Gasteiger partial charge is 0 e. The van der Waals surface area contributed by atoms with Crippen LogP contribution in [0.2, 0.25) is 0 Å². The molecule has 0 aliphatic rings. The van der Waals surface area contributed by atoms with Crippen LogP contribution < -0.4 is 0 Å². The van der Waals surface area contributed by atoms with Crippen LogP contribution in [-0.2, 0) is 1740 Å². The summed E-state index contributed by atoms with van der Waals surface area (Å²) >= 11 is 0. The quantitative estimate of drug-likeness (QED) is 0.295. The molecule has 0 saturated heterocycles. The zero-order chi connectivity index (χ0) is 0. The summed E-state index contributed by atoms with van der Waals surface area (Å²) in [5.74, 6) is 0. The van der Waals surface area contributed by atoms with Crippen LogP contribution in [0.1, 0.15) is 0 Å². The molecule has 0 bridgehead atoms. The Hall–Kier alpha value is 53.2. The van der Waals surface area contributed by atoms with Crippen LogP contribution in [0.3, 0.4) is 0 Å².